The van der Waals surface area contributed by atoms with Crippen LogP contribution in [0.1, 0.15) is 27.2 Å². The number of amides is 1. The molecule has 1 aliphatic heterocycles. The standard InChI is InChI=1S/C12H21NO4/c1-12(2,3)17-11(14)13-5-6-16-10-8(13)7-9(10)15-4/h8-10H,5-7H2,1-4H3/t8-,9-,10-/m1/s1. The van der Waals surface area contributed by atoms with Gasteiger partial charge in [0.1, 0.15) is 11.7 Å². The van der Waals surface area contributed by atoms with Gasteiger partial charge in [-0.15, -0.1) is 0 Å². The third-order valence-corrected chi connectivity index (χ3v) is 3.19. The number of methoxy groups -OCH3 is 1. The second-order valence-corrected chi connectivity index (χ2v) is 5.59. The predicted molar refractivity (Wildman–Crippen MR) is 61.9 cm³/mol. The van der Waals surface area contributed by atoms with Crippen LogP contribution in [0.4, 0.5) is 4.79 Å². The van der Waals surface area contributed by atoms with Crippen LogP contribution in [0.25, 0.3) is 0 Å². The van der Waals surface area contributed by atoms with Crippen molar-refractivity contribution in [1.82, 2.24) is 4.90 Å². The zero-order chi connectivity index (χ0) is 12.6. The molecule has 0 unspecified atom stereocenters. The Balaban J connectivity index is 1.95. The molecule has 0 bridgehead atoms. The van der Waals surface area contributed by atoms with Crippen LogP contribution in [0.5, 0.6) is 0 Å². The second-order valence-electron chi connectivity index (χ2n) is 5.59. The van der Waals surface area contributed by atoms with Crippen LogP contribution in [0, 0.1) is 0 Å². The molecule has 5 heteroatoms. The average Bonchev–Trinajstić information content (AvgIpc) is 2.17. The molecule has 1 saturated heterocycles. The Kier molecular flexibility index (Phi) is 3.32. The van der Waals surface area contributed by atoms with Crippen LogP contribution in [0.3, 0.4) is 0 Å². The van der Waals surface area contributed by atoms with Gasteiger partial charge in [-0.1, -0.05) is 0 Å². The lowest BCUT2D eigenvalue weighted by atomic mass is 9.83. The fourth-order valence-corrected chi connectivity index (χ4v) is 2.31. The van der Waals surface area contributed by atoms with Gasteiger partial charge in [0.25, 0.3) is 0 Å². The minimum atomic E-state index is -0.449. The monoisotopic (exact) mass is 243 g/mol. The van der Waals surface area contributed by atoms with Crippen LogP contribution in [-0.2, 0) is 14.2 Å². The van der Waals surface area contributed by atoms with Crippen molar-refractivity contribution in [2.45, 2.75) is 51.0 Å². The summed E-state index contributed by atoms with van der Waals surface area (Å²) in [5, 5.41) is 0. The fraction of sp³-hybridized carbons (Fsp3) is 0.917. The first-order valence-corrected chi connectivity index (χ1v) is 6.06. The Bertz CT molecular complexity index is 299. The smallest absolute Gasteiger partial charge is 0.410 e. The molecule has 2 rings (SSSR count). The van der Waals surface area contributed by atoms with E-state index in [1.54, 1.807) is 12.0 Å². The molecule has 2 fully saturated rings. The molecule has 1 amide bonds. The SMILES string of the molecule is CO[C@@H]1C[C@@H]2[C@H]1OCCN2C(=O)OC(C)(C)C. The number of morpholine rings is 1. The molecule has 2 aliphatic rings. The van der Waals surface area contributed by atoms with Gasteiger partial charge in [0.05, 0.1) is 18.8 Å². The lowest BCUT2D eigenvalue weighted by Gasteiger charge is -2.51. The van der Waals surface area contributed by atoms with Crippen molar-refractivity contribution in [3.8, 4) is 0 Å². The summed E-state index contributed by atoms with van der Waals surface area (Å²) in [6.45, 7) is 6.79. The maximum absolute atomic E-state index is 12.0. The van der Waals surface area contributed by atoms with E-state index in [0.29, 0.717) is 13.2 Å². The van der Waals surface area contributed by atoms with E-state index in [1.165, 1.54) is 0 Å². The highest BCUT2D eigenvalue weighted by Gasteiger charge is 2.50. The lowest BCUT2D eigenvalue weighted by Crippen LogP contribution is -2.66. The first kappa shape index (κ1) is 12.6. The summed E-state index contributed by atoms with van der Waals surface area (Å²) in [5.41, 5.74) is -0.449. The molecule has 1 saturated carbocycles. The van der Waals surface area contributed by atoms with Gasteiger partial charge in [-0.2, -0.15) is 0 Å². The first-order valence-electron chi connectivity index (χ1n) is 6.06. The molecular weight excluding hydrogens is 222 g/mol. The minimum absolute atomic E-state index is 0.0151. The predicted octanol–water partition coefficient (Wildman–Crippen LogP) is 1.41. The third-order valence-electron chi connectivity index (χ3n) is 3.19. The number of rotatable bonds is 1. The van der Waals surface area contributed by atoms with Gasteiger partial charge in [0, 0.05) is 13.7 Å². The Morgan fingerprint density at radius 3 is 2.71 bits per heavy atom. The van der Waals surface area contributed by atoms with E-state index in [2.05, 4.69) is 0 Å². The maximum atomic E-state index is 12.0. The van der Waals surface area contributed by atoms with Crippen molar-refractivity contribution in [1.29, 1.82) is 0 Å². The Morgan fingerprint density at radius 2 is 2.12 bits per heavy atom. The van der Waals surface area contributed by atoms with Crippen molar-refractivity contribution < 1.29 is 19.0 Å². The van der Waals surface area contributed by atoms with Gasteiger partial charge >= 0.3 is 6.09 Å². The van der Waals surface area contributed by atoms with Gasteiger partial charge in [0.15, 0.2) is 0 Å². The number of hydrogen-bond acceptors (Lipinski definition) is 4. The Hall–Kier alpha value is -0.810. The highest BCUT2D eigenvalue weighted by Crippen LogP contribution is 2.34. The van der Waals surface area contributed by atoms with Crippen LogP contribution >= 0.6 is 0 Å². The van der Waals surface area contributed by atoms with E-state index in [4.69, 9.17) is 14.2 Å². The molecule has 3 atom stereocenters. The van der Waals surface area contributed by atoms with Gasteiger partial charge in [-0.05, 0) is 27.2 Å². The van der Waals surface area contributed by atoms with E-state index in [9.17, 15) is 4.79 Å². The van der Waals surface area contributed by atoms with Crippen LogP contribution in [-0.4, -0.2) is 55.1 Å². The summed E-state index contributed by atoms with van der Waals surface area (Å²) in [5.74, 6) is 0. The van der Waals surface area contributed by atoms with Gasteiger partial charge < -0.3 is 19.1 Å². The van der Waals surface area contributed by atoms with Crippen molar-refractivity contribution in [2.24, 2.45) is 0 Å². The number of nitrogens with zero attached hydrogens (tertiary/aromatic N) is 1. The topological polar surface area (TPSA) is 48.0 Å². The summed E-state index contributed by atoms with van der Waals surface area (Å²) < 4.78 is 16.3. The minimum Gasteiger partial charge on any atom is -0.444 e. The van der Waals surface area contributed by atoms with Crippen LogP contribution in [0.15, 0.2) is 0 Å². The molecule has 17 heavy (non-hydrogen) atoms. The second kappa shape index (κ2) is 4.46. The molecule has 0 N–H and O–H groups in total. The number of ether oxygens (including phenoxy) is 3. The Morgan fingerprint density at radius 1 is 1.41 bits per heavy atom. The molecular formula is C12H21NO4. The van der Waals surface area contributed by atoms with Crippen LogP contribution in [0.2, 0.25) is 0 Å². The molecule has 0 spiro atoms. The van der Waals surface area contributed by atoms with Crippen molar-refractivity contribution >= 4 is 6.09 Å². The molecule has 1 aliphatic carbocycles. The maximum Gasteiger partial charge on any atom is 0.410 e. The number of carbonyl (C=O) groups excluding carboxylic acids is 1. The van der Waals surface area contributed by atoms with Crippen molar-refractivity contribution in [2.75, 3.05) is 20.3 Å². The number of carbonyl (C=O) groups is 1. The summed E-state index contributed by atoms with van der Waals surface area (Å²) in [7, 11) is 1.68. The molecule has 0 aromatic rings. The Labute approximate surface area is 102 Å². The number of hydrogen-bond donors (Lipinski definition) is 0. The van der Waals surface area contributed by atoms with Crippen LogP contribution < -0.4 is 0 Å². The first-order chi connectivity index (χ1) is 7.92. The summed E-state index contributed by atoms with van der Waals surface area (Å²) >= 11 is 0. The number of fused-ring (bicyclic) bond motifs is 1. The summed E-state index contributed by atoms with van der Waals surface area (Å²) in [4.78, 5) is 13.8. The van der Waals surface area contributed by atoms with E-state index in [1.807, 2.05) is 20.8 Å². The molecule has 0 aromatic carbocycles. The van der Waals surface area contributed by atoms with Crippen molar-refractivity contribution in [3.63, 3.8) is 0 Å². The molecule has 1 heterocycles. The summed E-state index contributed by atoms with van der Waals surface area (Å²) in [6, 6.07) is 0.114. The van der Waals surface area contributed by atoms with Gasteiger partial charge in [0.2, 0.25) is 0 Å². The summed E-state index contributed by atoms with van der Waals surface area (Å²) in [6.07, 6.45) is 0.720. The van der Waals surface area contributed by atoms with E-state index >= 15 is 0 Å². The zero-order valence-corrected chi connectivity index (χ0v) is 10.9. The molecule has 5 nitrogen and oxygen atoms in total. The van der Waals surface area contributed by atoms with Gasteiger partial charge in [-0.3, -0.25) is 0 Å². The van der Waals surface area contributed by atoms with E-state index < -0.39 is 5.60 Å². The quantitative estimate of drug-likeness (QED) is 0.698. The zero-order valence-electron chi connectivity index (χ0n) is 10.9. The average molecular weight is 243 g/mol. The molecule has 0 aromatic heterocycles. The third kappa shape index (κ3) is 2.55. The normalized spacial score (nSPS) is 32.7. The van der Waals surface area contributed by atoms with E-state index in [-0.39, 0.29) is 24.3 Å². The fourth-order valence-electron chi connectivity index (χ4n) is 2.31. The van der Waals surface area contributed by atoms with Crippen molar-refractivity contribution in [3.05, 3.63) is 0 Å². The molecule has 0 radical (unpaired) electrons. The van der Waals surface area contributed by atoms with Gasteiger partial charge in [-0.25, -0.2) is 4.79 Å². The molecule has 98 valence electrons. The highest BCUT2D eigenvalue weighted by atomic mass is 16.6. The largest absolute Gasteiger partial charge is 0.444 e. The lowest BCUT2D eigenvalue weighted by molar-refractivity contribution is -0.189. The highest BCUT2D eigenvalue weighted by molar-refractivity contribution is 5.69. The van der Waals surface area contributed by atoms with E-state index in [0.717, 1.165) is 6.42 Å².